The molecule has 0 saturated heterocycles. The molecule has 0 fully saturated rings. The fraction of sp³-hybridized carbons (Fsp3) is 0.364. The number of rotatable bonds is 4. The van der Waals surface area contributed by atoms with Crippen LogP contribution in [0.1, 0.15) is 31.1 Å². The van der Waals surface area contributed by atoms with E-state index in [9.17, 15) is 13.2 Å². The van der Waals surface area contributed by atoms with Crippen LogP contribution in [0, 0.1) is 0 Å². The van der Waals surface area contributed by atoms with Gasteiger partial charge in [0, 0.05) is 0 Å². The Balaban J connectivity index is 0.00000361. The summed E-state index contributed by atoms with van der Waals surface area (Å²) in [5, 5.41) is 9.53. The van der Waals surface area contributed by atoms with Crippen LogP contribution >= 0.6 is 0 Å². The van der Waals surface area contributed by atoms with Crippen molar-refractivity contribution in [2.75, 3.05) is 0 Å². The van der Waals surface area contributed by atoms with Crippen molar-refractivity contribution in [3.8, 4) is 5.75 Å². The van der Waals surface area contributed by atoms with Gasteiger partial charge in [-0.2, -0.15) is 8.42 Å². The molecule has 0 atom stereocenters. The Bertz CT molecular complexity index is 593. The van der Waals surface area contributed by atoms with Crippen molar-refractivity contribution in [1.29, 1.82) is 0 Å². The second-order valence-corrected chi connectivity index (χ2v) is 9.61. The standard InChI is InChI=1S/C11H16O6SSi.Li.H/c1-11(2,3)19-8-6-4-5-7(10(12)13)9(8)17-18(14,15)16;;/h4-6H,19H2,1-3H3,(H,12,13)(H,14,15,16);;. The SMILES string of the molecule is CC(C)(C)[SiH2]c1cccc(C(=O)O)c1OS(=O)(=O)O.[LiH]. The van der Waals surface area contributed by atoms with E-state index in [1.807, 2.05) is 20.8 Å². The van der Waals surface area contributed by atoms with Gasteiger partial charge >= 0.3 is 35.2 Å². The molecule has 2 N–H and O–H groups in total. The number of benzene rings is 1. The number of para-hydroxylation sites is 1. The van der Waals surface area contributed by atoms with Gasteiger partial charge in [-0.15, -0.1) is 0 Å². The second-order valence-electron chi connectivity index (χ2n) is 5.35. The number of hydrogen-bond donors (Lipinski definition) is 2. The molecular formula is C11H17LiO6SSi. The molecule has 1 rings (SSSR count). The van der Waals surface area contributed by atoms with Crippen molar-refractivity contribution in [2.24, 2.45) is 0 Å². The monoisotopic (exact) mass is 312 g/mol. The summed E-state index contributed by atoms with van der Waals surface area (Å²) in [7, 11) is -5.74. The van der Waals surface area contributed by atoms with Gasteiger partial charge in [0.2, 0.25) is 0 Å². The zero-order valence-electron chi connectivity index (χ0n) is 10.9. The normalized spacial score (nSPS) is 12.2. The van der Waals surface area contributed by atoms with Crippen LogP contribution in [0.25, 0.3) is 0 Å². The Hall–Kier alpha value is -0.786. The molecule has 0 saturated carbocycles. The van der Waals surface area contributed by atoms with Crippen LogP contribution in [-0.4, -0.2) is 52.4 Å². The molecule has 0 heterocycles. The molecule has 6 nitrogen and oxygen atoms in total. The number of carboxylic acid groups (broad SMARTS) is 1. The average molecular weight is 312 g/mol. The maximum absolute atomic E-state index is 11.1. The van der Waals surface area contributed by atoms with Crippen LogP contribution in [0.4, 0.5) is 0 Å². The van der Waals surface area contributed by atoms with Crippen molar-refractivity contribution < 1.29 is 27.1 Å². The predicted molar refractivity (Wildman–Crippen MR) is 80.6 cm³/mol. The fourth-order valence-electron chi connectivity index (χ4n) is 1.67. The summed E-state index contributed by atoms with van der Waals surface area (Å²) in [4.78, 5) is 11.1. The van der Waals surface area contributed by atoms with Crippen LogP contribution in [-0.2, 0) is 10.4 Å². The van der Waals surface area contributed by atoms with Crippen molar-refractivity contribution in [2.45, 2.75) is 25.8 Å². The van der Waals surface area contributed by atoms with E-state index in [2.05, 4.69) is 4.18 Å². The minimum absolute atomic E-state index is 0. The second kappa shape index (κ2) is 6.78. The first-order chi connectivity index (χ1) is 8.49. The Morgan fingerprint density at radius 3 is 2.25 bits per heavy atom. The molecular weight excluding hydrogens is 295 g/mol. The summed E-state index contributed by atoms with van der Waals surface area (Å²) in [6, 6.07) is 4.40. The molecule has 0 unspecified atom stereocenters. The zero-order chi connectivity index (χ0) is 14.8. The summed E-state index contributed by atoms with van der Waals surface area (Å²) in [6.07, 6.45) is 0. The molecule has 0 spiro atoms. The first-order valence-electron chi connectivity index (χ1n) is 5.52. The van der Waals surface area contributed by atoms with Crippen LogP contribution in [0.15, 0.2) is 18.2 Å². The van der Waals surface area contributed by atoms with E-state index in [4.69, 9.17) is 9.66 Å². The van der Waals surface area contributed by atoms with E-state index in [0.717, 1.165) is 0 Å². The summed E-state index contributed by atoms with van der Waals surface area (Å²) >= 11 is 0. The van der Waals surface area contributed by atoms with Gasteiger partial charge in [-0.1, -0.05) is 32.9 Å². The van der Waals surface area contributed by atoms with Crippen LogP contribution in [0.2, 0.25) is 5.04 Å². The van der Waals surface area contributed by atoms with Gasteiger partial charge in [0.15, 0.2) is 5.75 Å². The van der Waals surface area contributed by atoms with Crippen LogP contribution in [0.3, 0.4) is 0 Å². The molecule has 0 bridgehead atoms. The molecule has 108 valence electrons. The van der Waals surface area contributed by atoms with E-state index >= 15 is 0 Å². The minimum atomic E-state index is -4.75. The van der Waals surface area contributed by atoms with E-state index < -0.39 is 25.9 Å². The number of carbonyl (C=O) groups is 1. The predicted octanol–water partition coefficient (Wildman–Crippen LogP) is -0.0696. The third-order valence-corrected chi connectivity index (χ3v) is 4.61. The third-order valence-electron chi connectivity index (χ3n) is 2.24. The average Bonchev–Trinajstić information content (AvgIpc) is 2.15. The van der Waals surface area contributed by atoms with Crippen molar-refractivity contribution >= 4 is 49.9 Å². The van der Waals surface area contributed by atoms with Gasteiger partial charge in [-0.05, 0) is 16.3 Å². The molecule has 0 aliphatic rings. The van der Waals surface area contributed by atoms with Crippen LogP contribution < -0.4 is 9.37 Å². The summed E-state index contributed by atoms with van der Waals surface area (Å²) < 4.78 is 34.9. The quantitative estimate of drug-likeness (QED) is 0.596. The molecule has 0 amide bonds. The first kappa shape index (κ1) is 19.2. The number of aromatic carboxylic acids is 1. The van der Waals surface area contributed by atoms with Gasteiger partial charge < -0.3 is 9.29 Å². The van der Waals surface area contributed by atoms with Gasteiger partial charge in [0.25, 0.3) is 0 Å². The molecule has 0 radical (unpaired) electrons. The van der Waals surface area contributed by atoms with E-state index in [-0.39, 0.29) is 35.2 Å². The van der Waals surface area contributed by atoms with Gasteiger partial charge in [-0.25, -0.2) is 4.79 Å². The Morgan fingerprint density at radius 2 is 1.85 bits per heavy atom. The molecule has 9 heteroatoms. The van der Waals surface area contributed by atoms with Gasteiger partial charge in [0.05, 0.1) is 9.52 Å². The maximum atomic E-state index is 11.1. The van der Waals surface area contributed by atoms with Crippen LogP contribution in [0.5, 0.6) is 5.75 Å². The molecule has 20 heavy (non-hydrogen) atoms. The Kier molecular flexibility index (Phi) is 6.51. The van der Waals surface area contributed by atoms with Crippen molar-refractivity contribution in [1.82, 2.24) is 0 Å². The first-order valence-corrected chi connectivity index (χ1v) is 8.29. The van der Waals surface area contributed by atoms with E-state index in [0.29, 0.717) is 5.19 Å². The summed E-state index contributed by atoms with van der Waals surface area (Å²) in [6.45, 7) is 5.93. The zero-order valence-corrected chi connectivity index (χ0v) is 13.1. The molecule has 0 aromatic heterocycles. The summed E-state index contributed by atoms with van der Waals surface area (Å²) in [5.41, 5.74) is -0.271. The molecule has 0 aliphatic carbocycles. The van der Waals surface area contributed by atoms with E-state index in [1.54, 1.807) is 6.07 Å². The van der Waals surface area contributed by atoms with Gasteiger partial charge in [0.1, 0.15) is 5.56 Å². The van der Waals surface area contributed by atoms with Crippen molar-refractivity contribution in [3.63, 3.8) is 0 Å². The molecule has 1 aromatic carbocycles. The Labute approximate surface area is 132 Å². The molecule has 1 aromatic rings. The third kappa shape index (κ3) is 6.11. The fourth-order valence-corrected chi connectivity index (χ4v) is 4.00. The van der Waals surface area contributed by atoms with Gasteiger partial charge in [-0.3, -0.25) is 4.55 Å². The summed E-state index contributed by atoms with van der Waals surface area (Å²) in [5.74, 6) is -1.58. The van der Waals surface area contributed by atoms with Crippen molar-refractivity contribution in [3.05, 3.63) is 23.8 Å². The van der Waals surface area contributed by atoms with E-state index in [1.165, 1.54) is 12.1 Å². The Morgan fingerprint density at radius 1 is 1.30 bits per heavy atom. The molecule has 0 aliphatic heterocycles. The topological polar surface area (TPSA) is 101 Å². The number of carboxylic acids is 1. The number of hydrogen-bond acceptors (Lipinski definition) is 4.